The van der Waals surface area contributed by atoms with E-state index in [1.165, 1.54) is 12.8 Å². The lowest BCUT2D eigenvalue weighted by atomic mass is 10.1. The second-order valence-corrected chi connectivity index (χ2v) is 3.49. The van der Waals surface area contributed by atoms with Crippen molar-refractivity contribution in [1.29, 1.82) is 5.26 Å². The van der Waals surface area contributed by atoms with Gasteiger partial charge in [0, 0.05) is 12.1 Å². The smallest absolute Gasteiger partial charge is 0.0872 e. The third-order valence-corrected chi connectivity index (χ3v) is 2.32. The van der Waals surface area contributed by atoms with Crippen LogP contribution in [0, 0.1) is 11.3 Å². The second kappa shape index (κ2) is 3.14. The number of hydrogen-bond acceptors (Lipinski definition) is 3. The van der Waals surface area contributed by atoms with Crippen LogP contribution in [0.25, 0.3) is 0 Å². The zero-order valence-corrected chi connectivity index (χ0v) is 7.57. The zero-order chi connectivity index (χ0) is 9.26. The van der Waals surface area contributed by atoms with Crippen molar-refractivity contribution in [2.24, 2.45) is 0 Å². The minimum absolute atomic E-state index is 0.152. The van der Waals surface area contributed by atoms with Gasteiger partial charge in [-0.2, -0.15) is 5.26 Å². The quantitative estimate of drug-likeness (QED) is 0.687. The van der Waals surface area contributed by atoms with Gasteiger partial charge in [0.25, 0.3) is 0 Å². The normalized spacial score (nSPS) is 17.8. The molecule has 1 aliphatic carbocycles. The summed E-state index contributed by atoms with van der Waals surface area (Å²) in [5.74, 6) is 0.486. The zero-order valence-electron chi connectivity index (χ0n) is 7.57. The summed E-state index contributed by atoms with van der Waals surface area (Å²) in [6.45, 7) is 1.83. The summed E-state index contributed by atoms with van der Waals surface area (Å²) in [7, 11) is 0. The molecular formula is C10H11N3. The molecule has 0 amide bonds. The summed E-state index contributed by atoms with van der Waals surface area (Å²) in [5, 5.41) is 8.66. The van der Waals surface area contributed by atoms with Crippen LogP contribution in [-0.2, 0) is 0 Å². The van der Waals surface area contributed by atoms with E-state index in [9.17, 15) is 0 Å². The molecule has 13 heavy (non-hydrogen) atoms. The molecule has 3 nitrogen and oxygen atoms in total. The number of nitriles is 1. The van der Waals surface area contributed by atoms with Crippen LogP contribution in [0.15, 0.2) is 12.4 Å². The van der Waals surface area contributed by atoms with Gasteiger partial charge in [-0.3, -0.25) is 9.97 Å². The van der Waals surface area contributed by atoms with Crippen LogP contribution in [0.4, 0.5) is 0 Å². The Labute approximate surface area is 77.4 Å². The van der Waals surface area contributed by atoms with Gasteiger partial charge in [0.05, 0.1) is 29.6 Å². The van der Waals surface area contributed by atoms with Gasteiger partial charge in [0.15, 0.2) is 0 Å². The lowest BCUT2D eigenvalue weighted by Gasteiger charge is -2.01. The van der Waals surface area contributed by atoms with Gasteiger partial charge < -0.3 is 0 Å². The number of aromatic nitrogens is 2. The minimum Gasteiger partial charge on any atom is -0.257 e. The van der Waals surface area contributed by atoms with Gasteiger partial charge in [0.2, 0.25) is 0 Å². The van der Waals surface area contributed by atoms with Gasteiger partial charge in [-0.1, -0.05) is 0 Å². The summed E-state index contributed by atoms with van der Waals surface area (Å²) in [6.07, 6.45) is 6.01. The Morgan fingerprint density at radius 3 is 2.69 bits per heavy atom. The molecule has 1 fully saturated rings. The van der Waals surface area contributed by atoms with Crippen LogP contribution in [0.1, 0.15) is 43.0 Å². The average molecular weight is 173 g/mol. The first-order valence-electron chi connectivity index (χ1n) is 4.52. The molecule has 0 N–H and O–H groups in total. The van der Waals surface area contributed by atoms with Crippen molar-refractivity contribution in [3.05, 3.63) is 23.8 Å². The van der Waals surface area contributed by atoms with Crippen molar-refractivity contribution in [2.75, 3.05) is 0 Å². The van der Waals surface area contributed by atoms with E-state index < -0.39 is 0 Å². The number of rotatable bonds is 2. The van der Waals surface area contributed by atoms with Crippen LogP contribution in [-0.4, -0.2) is 9.97 Å². The summed E-state index contributed by atoms with van der Waals surface area (Å²) >= 11 is 0. The molecule has 1 heterocycles. The molecule has 0 radical (unpaired) electrons. The lowest BCUT2D eigenvalue weighted by molar-refractivity contribution is 0.873. The maximum Gasteiger partial charge on any atom is 0.0872 e. The van der Waals surface area contributed by atoms with Gasteiger partial charge in [-0.25, -0.2) is 0 Å². The molecule has 0 saturated heterocycles. The molecule has 0 aromatic carbocycles. The molecule has 1 saturated carbocycles. The highest BCUT2D eigenvalue weighted by molar-refractivity contribution is 5.17. The van der Waals surface area contributed by atoms with E-state index in [-0.39, 0.29) is 5.92 Å². The molecule has 1 aliphatic rings. The number of hydrogen-bond donors (Lipinski definition) is 0. The third-order valence-electron chi connectivity index (χ3n) is 2.32. The van der Waals surface area contributed by atoms with Crippen molar-refractivity contribution in [3.63, 3.8) is 0 Å². The highest BCUT2D eigenvalue weighted by Crippen LogP contribution is 2.38. The monoisotopic (exact) mass is 173 g/mol. The Morgan fingerprint density at radius 1 is 1.46 bits per heavy atom. The molecule has 0 bridgehead atoms. The Kier molecular flexibility index (Phi) is 1.97. The van der Waals surface area contributed by atoms with Crippen molar-refractivity contribution in [3.8, 4) is 6.07 Å². The fourth-order valence-electron chi connectivity index (χ4n) is 1.23. The van der Waals surface area contributed by atoms with Crippen molar-refractivity contribution >= 4 is 0 Å². The molecule has 66 valence electrons. The average Bonchev–Trinajstić information content (AvgIpc) is 3.00. The highest BCUT2D eigenvalue weighted by atomic mass is 14.8. The molecule has 2 rings (SSSR count). The van der Waals surface area contributed by atoms with Crippen LogP contribution in [0.3, 0.4) is 0 Å². The Bertz CT molecular complexity index is 332. The van der Waals surface area contributed by atoms with E-state index in [1.807, 2.05) is 6.92 Å². The molecule has 0 spiro atoms. The molecule has 1 unspecified atom stereocenters. The first kappa shape index (κ1) is 8.18. The predicted molar refractivity (Wildman–Crippen MR) is 48.0 cm³/mol. The SMILES string of the molecule is CC(C#N)c1cnc(C2CC2)cn1. The van der Waals surface area contributed by atoms with E-state index in [1.54, 1.807) is 12.4 Å². The standard InChI is InChI=1S/C10H11N3/c1-7(4-11)9-5-13-10(6-12-9)8-2-3-8/h5-8H,2-3H2,1H3. The van der Waals surface area contributed by atoms with E-state index in [4.69, 9.17) is 5.26 Å². The highest BCUT2D eigenvalue weighted by Gasteiger charge is 2.25. The van der Waals surface area contributed by atoms with Crippen LogP contribution in [0.5, 0.6) is 0 Å². The summed E-state index contributed by atoms with van der Waals surface area (Å²) in [4.78, 5) is 8.52. The second-order valence-electron chi connectivity index (χ2n) is 3.49. The molecule has 1 aromatic heterocycles. The van der Waals surface area contributed by atoms with E-state index in [0.29, 0.717) is 5.92 Å². The van der Waals surface area contributed by atoms with Gasteiger partial charge in [-0.05, 0) is 19.8 Å². The predicted octanol–water partition coefficient (Wildman–Crippen LogP) is 1.98. The summed E-state index contributed by atoms with van der Waals surface area (Å²) in [5.41, 5.74) is 1.85. The Balaban J connectivity index is 2.18. The van der Waals surface area contributed by atoms with Gasteiger partial charge in [0.1, 0.15) is 0 Å². The van der Waals surface area contributed by atoms with Crippen LogP contribution < -0.4 is 0 Å². The minimum atomic E-state index is -0.152. The summed E-state index contributed by atoms with van der Waals surface area (Å²) < 4.78 is 0. The summed E-state index contributed by atoms with van der Waals surface area (Å²) in [6, 6.07) is 2.14. The van der Waals surface area contributed by atoms with Crippen molar-refractivity contribution in [2.45, 2.75) is 31.6 Å². The van der Waals surface area contributed by atoms with Crippen molar-refractivity contribution in [1.82, 2.24) is 9.97 Å². The number of nitrogens with zero attached hydrogens (tertiary/aromatic N) is 3. The maximum absolute atomic E-state index is 8.66. The maximum atomic E-state index is 8.66. The van der Waals surface area contributed by atoms with Gasteiger partial charge in [-0.15, -0.1) is 0 Å². The van der Waals surface area contributed by atoms with Crippen LogP contribution >= 0.6 is 0 Å². The van der Waals surface area contributed by atoms with Crippen molar-refractivity contribution < 1.29 is 0 Å². The Morgan fingerprint density at radius 2 is 2.23 bits per heavy atom. The topological polar surface area (TPSA) is 49.6 Å². The van der Waals surface area contributed by atoms with Crippen LogP contribution in [0.2, 0.25) is 0 Å². The fraction of sp³-hybridized carbons (Fsp3) is 0.500. The van der Waals surface area contributed by atoms with E-state index >= 15 is 0 Å². The van der Waals surface area contributed by atoms with E-state index in [2.05, 4.69) is 16.0 Å². The first-order chi connectivity index (χ1) is 6.31. The third kappa shape index (κ3) is 1.67. The lowest BCUT2D eigenvalue weighted by Crippen LogP contribution is -1.97. The van der Waals surface area contributed by atoms with Gasteiger partial charge >= 0.3 is 0 Å². The fourth-order valence-corrected chi connectivity index (χ4v) is 1.23. The molecule has 1 aromatic rings. The molecule has 1 atom stereocenters. The largest absolute Gasteiger partial charge is 0.257 e. The Hall–Kier alpha value is -1.43. The first-order valence-corrected chi connectivity index (χ1v) is 4.52. The molecule has 0 aliphatic heterocycles. The molecular weight excluding hydrogens is 162 g/mol. The molecule has 3 heteroatoms. The van der Waals surface area contributed by atoms with E-state index in [0.717, 1.165) is 11.4 Å².